The van der Waals surface area contributed by atoms with Crippen LogP contribution in [0.15, 0.2) is 42.5 Å². The molecule has 0 fully saturated rings. The molecule has 0 saturated heterocycles. The first-order valence-electron chi connectivity index (χ1n) is 11.5. The lowest BCUT2D eigenvalue weighted by molar-refractivity contribution is -0.140. The van der Waals surface area contributed by atoms with Crippen LogP contribution in [0.1, 0.15) is 44.7 Å². The quantitative estimate of drug-likeness (QED) is 0.443. The average Bonchev–Trinajstić information content (AvgIpc) is 2.78. The fraction of sp³-hybridized carbons (Fsp3) is 0.440. The van der Waals surface area contributed by atoms with Gasteiger partial charge in [-0.25, -0.2) is 8.42 Å². The molecule has 0 aliphatic heterocycles. The monoisotopic (exact) mass is 541 g/mol. The molecule has 0 radical (unpaired) electrons. The van der Waals surface area contributed by atoms with E-state index in [1.807, 2.05) is 13.8 Å². The van der Waals surface area contributed by atoms with Crippen molar-refractivity contribution in [3.05, 3.63) is 63.6 Å². The number of hydrogen-bond acceptors (Lipinski definition) is 4. The highest BCUT2D eigenvalue weighted by atomic mass is 35.5. The third kappa shape index (κ3) is 7.59. The Bertz CT molecular complexity index is 1140. The van der Waals surface area contributed by atoms with Crippen LogP contribution < -0.4 is 9.62 Å². The summed E-state index contributed by atoms with van der Waals surface area (Å²) in [7, 11) is -3.80. The van der Waals surface area contributed by atoms with E-state index in [1.165, 1.54) is 4.90 Å². The molecule has 2 atom stereocenters. The standard InChI is InChI=1S/C25H33Cl2N3O4S/c1-6-18(4)28-25(32)22(7-2)29(15-19-20(26)12-10-13-21(19)27)24(31)16-30(35(5,33)34)23-14-9-8-11-17(23)3/h8-14,18,22H,6-7,15-16H2,1-5H3,(H,28,32)/t18-,22+/m0/s1. The van der Waals surface area contributed by atoms with Crippen LogP contribution in [0.5, 0.6) is 0 Å². The molecule has 2 amide bonds. The number of carbonyl (C=O) groups excluding carboxylic acids is 2. The second-order valence-corrected chi connectivity index (χ2v) is 11.2. The molecule has 0 heterocycles. The van der Waals surface area contributed by atoms with Crippen LogP contribution >= 0.6 is 23.2 Å². The van der Waals surface area contributed by atoms with Gasteiger partial charge < -0.3 is 10.2 Å². The Balaban J connectivity index is 2.52. The number of anilines is 1. The van der Waals surface area contributed by atoms with Crippen molar-refractivity contribution in [2.75, 3.05) is 17.1 Å². The third-order valence-electron chi connectivity index (χ3n) is 5.84. The molecule has 35 heavy (non-hydrogen) atoms. The molecule has 192 valence electrons. The minimum Gasteiger partial charge on any atom is -0.352 e. The van der Waals surface area contributed by atoms with Gasteiger partial charge in [-0.3, -0.25) is 13.9 Å². The van der Waals surface area contributed by atoms with Crippen LogP contribution in [-0.4, -0.2) is 50.0 Å². The molecule has 2 rings (SSSR count). The highest BCUT2D eigenvalue weighted by Crippen LogP contribution is 2.28. The zero-order chi connectivity index (χ0) is 26.3. The van der Waals surface area contributed by atoms with Crippen molar-refractivity contribution in [2.24, 2.45) is 0 Å². The van der Waals surface area contributed by atoms with Gasteiger partial charge in [0.25, 0.3) is 0 Å². The average molecular weight is 543 g/mol. The van der Waals surface area contributed by atoms with Gasteiger partial charge in [0.05, 0.1) is 11.9 Å². The molecule has 1 N–H and O–H groups in total. The molecule has 0 spiro atoms. The molecule has 2 aromatic rings. The topological polar surface area (TPSA) is 86.8 Å². The minimum atomic E-state index is -3.80. The van der Waals surface area contributed by atoms with Crippen molar-refractivity contribution in [3.8, 4) is 0 Å². The maximum Gasteiger partial charge on any atom is 0.244 e. The highest BCUT2D eigenvalue weighted by Gasteiger charge is 2.33. The van der Waals surface area contributed by atoms with Gasteiger partial charge in [-0.1, -0.05) is 61.3 Å². The Kier molecular flexibility index (Phi) is 10.4. The van der Waals surface area contributed by atoms with Crippen LogP contribution in [0.2, 0.25) is 10.0 Å². The van der Waals surface area contributed by atoms with Gasteiger partial charge in [0, 0.05) is 28.2 Å². The molecule has 0 aromatic heterocycles. The number of halogens is 2. The number of rotatable bonds is 11. The molecule has 2 aromatic carbocycles. The lowest BCUT2D eigenvalue weighted by Crippen LogP contribution is -2.53. The number of amides is 2. The van der Waals surface area contributed by atoms with Crippen LogP contribution in [0.4, 0.5) is 5.69 Å². The zero-order valence-electron chi connectivity index (χ0n) is 20.7. The Morgan fingerprint density at radius 3 is 2.11 bits per heavy atom. The van der Waals surface area contributed by atoms with E-state index in [-0.39, 0.29) is 18.5 Å². The Morgan fingerprint density at radius 2 is 1.60 bits per heavy atom. The zero-order valence-corrected chi connectivity index (χ0v) is 23.0. The number of aryl methyl sites for hydroxylation is 1. The fourth-order valence-electron chi connectivity index (χ4n) is 3.65. The third-order valence-corrected chi connectivity index (χ3v) is 7.68. The second kappa shape index (κ2) is 12.6. The SMILES string of the molecule is CC[C@H](C(=O)N[C@@H](C)CC)N(Cc1c(Cl)cccc1Cl)C(=O)CN(c1ccccc1C)S(C)(=O)=O. The first-order chi connectivity index (χ1) is 16.4. The number of benzene rings is 2. The van der Waals surface area contributed by atoms with E-state index in [0.29, 0.717) is 33.3 Å². The van der Waals surface area contributed by atoms with Crippen LogP contribution in [0.25, 0.3) is 0 Å². The second-order valence-electron chi connectivity index (χ2n) is 8.52. The smallest absolute Gasteiger partial charge is 0.244 e. The van der Waals surface area contributed by atoms with Crippen molar-refractivity contribution < 1.29 is 18.0 Å². The maximum atomic E-state index is 13.7. The van der Waals surface area contributed by atoms with E-state index < -0.39 is 28.5 Å². The summed E-state index contributed by atoms with van der Waals surface area (Å²) in [6.45, 7) is 6.88. The van der Waals surface area contributed by atoms with Gasteiger partial charge in [0.2, 0.25) is 21.8 Å². The number of carbonyl (C=O) groups is 2. The summed E-state index contributed by atoms with van der Waals surface area (Å²) < 4.78 is 26.5. The van der Waals surface area contributed by atoms with E-state index >= 15 is 0 Å². The largest absolute Gasteiger partial charge is 0.352 e. The van der Waals surface area contributed by atoms with Gasteiger partial charge >= 0.3 is 0 Å². The van der Waals surface area contributed by atoms with Crippen molar-refractivity contribution in [2.45, 2.75) is 59.2 Å². The van der Waals surface area contributed by atoms with E-state index in [2.05, 4.69) is 5.32 Å². The number of sulfonamides is 1. The molecule has 0 unspecified atom stereocenters. The van der Waals surface area contributed by atoms with Crippen LogP contribution in [0.3, 0.4) is 0 Å². The summed E-state index contributed by atoms with van der Waals surface area (Å²) in [5.41, 5.74) is 1.59. The fourth-order valence-corrected chi connectivity index (χ4v) is 5.08. The number of nitrogens with one attached hydrogen (secondary N) is 1. The number of hydrogen-bond donors (Lipinski definition) is 1. The molecular weight excluding hydrogens is 509 g/mol. The van der Waals surface area contributed by atoms with Gasteiger partial charge in [0.15, 0.2) is 0 Å². The van der Waals surface area contributed by atoms with E-state index in [9.17, 15) is 18.0 Å². The summed E-state index contributed by atoms with van der Waals surface area (Å²) in [6, 6.07) is 11.0. The van der Waals surface area contributed by atoms with Gasteiger partial charge in [-0.15, -0.1) is 0 Å². The van der Waals surface area contributed by atoms with Gasteiger partial charge in [0.1, 0.15) is 12.6 Å². The van der Waals surface area contributed by atoms with Crippen LogP contribution in [-0.2, 0) is 26.2 Å². The van der Waals surface area contributed by atoms with E-state index in [0.717, 1.165) is 17.0 Å². The molecular formula is C25H33Cl2N3O4S. The molecule has 10 heteroatoms. The molecule has 7 nitrogen and oxygen atoms in total. The van der Waals surface area contributed by atoms with Crippen molar-refractivity contribution >= 4 is 50.7 Å². The maximum absolute atomic E-state index is 13.7. The summed E-state index contributed by atoms with van der Waals surface area (Å²) in [5.74, 6) is -0.860. The Hall–Kier alpha value is -2.29. The number of para-hydroxylation sites is 1. The van der Waals surface area contributed by atoms with E-state index in [1.54, 1.807) is 56.3 Å². The van der Waals surface area contributed by atoms with Gasteiger partial charge in [-0.2, -0.15) is 0 Å². The van der Waals surface area contributed by atoms with Crippen LogP contribution in [0, 0.1) is 6.92 Å². The summed E-state index contributed by atoms with van der Waals surface area (Å²) in [4.78, 5) is 28.2. The van der Waals surface area contributed by atoms with Crippen molar-refractivity contribution in [1.82, 2.24) is 10.2 Å². The van der Waals surface area contributed by atoms with E-state index in [4.69, 9.17) is 23.2 Å². The Morgan fingerprint density at radius 1 is 1.00 bits per heavy atom. The predicted molar refractivity (Wildman–Crippen MR) is 142 cm³/mol. The first kappa shape index (κ1) is 28.9. The molecule has 0 saturated carbocycles. The van der Waals surface area contributed by atoms with Crippen molar-refractivity contribution in [1.29, 1.82) is 0 Å². The van der Waals surface area contributed by atoms with Crippen molar-refractivity contribution in [3.63, 3.8) is 0 Å². The summed E-state index contributed by atoms with van der Waals surface area (Å²) in [5, 5.41) is 3.63. The highest BCUT2D eigenvalue weighted by molar-refractivity contribution is 7.92. The molecule has 0 aliphatic carbocycles. The molecule has 0 aliphatic rings. The number of nitrogens with zero attached hydrogens (tertiary/aromatic N) is 2. The lowest BCUT2D eigenvalue weighted by atomic mass is 10.1. The predicted octanol–water partition coefficient (Wildman–Crippen LogP) is 4.79. The first-order valence-corrected chi connectivity index (χ1v) is 14.1. The summed E-state index contributed by atoms with van der Waals surface area (Å²) in [6.07, 6.45) is 2.09. The molecule has 0 bridgehead atoms. The van der Waals surface area contributed by atoms with Gasteiger partial charge in [-0.05, 0) is 50.5 Å². The minimum absolute atomic E-state index is 0.0465. The normalized spacial score (nSPS) is 13.1. The lowest BCUT2D eigenvalue weighted by Gasteiger charge is -2.34. The summed E-state index contributed by atoms with van der Waals surface area (Å²) >= 11 is 12.8. The Labute approximate surface area is 218 Å².